The number of nitrogens with zero attached hydrogens (tertiary/aromatic N) is 3. The quantitative estimate of drug-likeness (QED) is 0.361. The van der Waals surface area contributed by atoms with Crippen molar-refractivity contribution in [3.8, 4) is 17.2 Å². The van der Waals surface area contributed by atoms with Gasteiger partial charge >= 0.3 is 0 Å². The number of hydrogen-bond acceptors (Lipinski definition) is 4. The second-order valence-corrected chi connectivity index (χ2v) is 8.86. The predicted octanol–water partition coefficient (Wildman–Crippen LogP) is 5.54. The van der Waals surface area contributed by atoms with Crippen LogP contribution in [0.1, 0.15) is 37.3 Å². The first-order chi connectivity index (χ1) is 16.5. The fourth-order valence-electron chi connectivity index (χ4n) is 4.37. The Kier molecular flexibility index (Phi) is 5.94. The van der Waals surface area contributed by atoms with E-state index >= 15 is 0 Å². The molecule has 0 spiro atoms. The molecule has 7 heteroatoms. The number of phenolic OH excluding ortho intramolecular Hbond substituents is 1. The minimum atomic E-state index is -0.150. The van der Waals surface area contributed by atoms with Crippen LogP contribution in [-0.4, -0.2) is 25.9 Å². The summed E-state index contributed by atoms with van der Waals surface area (Å²) in [6.07, 6.45) is 3.93. The summed E-state index contributed by atoms with van der Waals surface area (Å²) in [5.74, 6) is 1.06. The molecule has 172 valence electrons. The first-order valence-corrected chi connectivity index (χ1v) is 11.7. The molecule has 2 aromatic heterocycles. The number of aromatic hydroxyl groups is 1. The third-order valence-electron chi connectivity index (χ3n) is 5.80. The molecular weight excluding hydrogens is 444 g/mol. The van der Waals surface area contributed by atoms with Crippen LogP contribution in [0, 0.1) is 0 Å². The molecule has 0 saturated carbocycles. The minimum Gasteiger partial charge on any atom is -0.508 e. The number of benzene rings is 2. The zero-order valence-corrected chi connectivity index (χ0v) is 19.8. The van der Waals surface area contributed by atoms with Crippen LogP contribution in [-0.2, 0) is 0 Å². The molecule has 1 saturated heterocycles. The monoisotopic (exact) mass is 470 g/mol. The van der Waals surface area contributed by atoms with Crippen molar-refractivity contribution < 1.29 is 9.84 Å². The van der Waals surface area contributed by atoms with Gasteiger partial charge in [-0.1, -0.05) is 6.07 Å². The van der Waals surface area contributed by atoms with Gasteiger partial charge < -0.3 is 24.6 Å². The zero-order valence-electron chi connectivity index (χ0n) is 19.0. The Hall–Kier alpha value is -3.84. The smallest absolute Gasteiger partial charge is 0.174 e. The Labute approximate surface area is 204 Å². The lowest BCUT2D eigenvalue weighted by Crippen LogP contribution is -2.30. The summed E-state index contributed by atoms with van der Waals surface area (Å²) in [7, 11) is 0. The molecule has 1 fully saturated rings. The minimum absolute atomic E-state index is 0.107. The van der Waals surface area contributed by atoms with Crippen molar-refractivity contribution >= 4 is 23.0 Å². The molecular formula is C27H26N4O2S. The summed E-state index contributed by atoms with van der Waals surface area (Å²) >= 11 is 5.84. The number of pyridine rings is 1. The normalized spacial score (nSPS) is 17.7. The van der Waals surface area contributed by atoms with Crippen LogP contribution in [0.25, 0.3) is 5.69 Å². The largest absolute Gasteiger partial charge is 0.508 e. The SMILES string of the molecule is CC(C)Oc1ccc(N2C(=S)N[C@H](c3ccccn3)[C@@H]2c2cccn2-c2ccc(O)cc2)cc1. The number of anilines is 1. The van der Waals surface area contributed by atoms with Crippen molar-refractivity contribution in [2.75, 3.05) is 4.90 Å². The Morgan fingerprint density at radius 2 is 1.68 bits per heavy atom. The van der Waals surface area contributed by atoms with Crippen LogP contribution < -0.4 is 15.0 Å². The molecule has 0 bridgehead atoms. The third kappa shape index (κ3) is 4.22. The van der Waals surface area contributed by atoms with Crippen molar-refractivity contribution in [2.24, 2.45) is 0 Å². The standard InChI is InChI=1S/C27H26N4O2S/c1-18(2)33-22-14-10-20(11-15-22)31-26(25(29-27(31)34)23-6-3-4-16-28-23)24-7-5-17-30(24)19-8-12-21(32)13-9-19/h3-18,25-26,32H,1-2H3,(H,29,34)/t25-,26+/m1/s1. The van der Waals surface area contributed by atoms with Crippen LogP contribution in [0.15, 0.2) is 91.3 Å². The van der Waals surface area contributed by atoms with Gasteiger partial charge in [-0.3, -0.25) is 4.98 Å². The Morgan fingerprint density at radius 3 is 2.35 bits per heavy atom. The highest BCUT2D eigenvalue weighted by Crippen LogP contribution is 2.42. The van der Waals surface area contributed by atoms with Crippen LogP contribution in [0.4, 0.5) is 5.69 Å². The van der Waals surface area contributed by atoms with E-state index in [0.29, 0.717) is 5.11 Å². The summed E-state index contributed by atoms with van der Waals surface area (Å²) in [6.45, 7) is 4.02. The van der Waals surface area contributed by atoms with E-state index in [1.807, 2.05) is 80.7 Å². The lowest BCUT2D eigenvalue weighted by Gasteiger charge is -2.29. The highest BCUT2D eigenvalue weighted by molar-refractivity contribution is 7.80. The summed E-state index contributed by atoms with van der Waals surface area (Å²) in [4.78, 5) is 6.77. The maximum atomic E-state index is 9.77. The van der Waals surface area contributed by atoms with Gasteiger partial charge in [0.25, 0.3) is 0 Å². The number of phenols is 1. The van der Waals surface area contributed by atoms with Crippen LogP contribution in [0.5, 0.6) is 11.5 Å². The molecule has 0 aliphatic carbocycles. The van der Waals surface area contributed by atoms with Gasteiger partial charge in [0.2, 0.25) is 0 Å². The maximum Gasteiger partial charge on any atom is 0.174 e. The molecule has 0 amide bonds. The summed E-state index contributed by atoms with van der Waals surface area (Å²) < 4.78 is 7.96. The molecule has 2 atom stereocenters. The molecule has 2 aromatic carbocycles. The van der Waals surface area contributed by atoms with E-state index < -0.39 is 0 Å². The van der Waals surface area contributed by atoms with E-state index in [2.05, 4.69) is 25.8 Å². The van der Waals surface area contributed by atoms with E-state index in [4.69, 9.17) is 17.0 Å². The summed E-state index contributed by atoms with van der Waals surface area (Å²) in [6, 6.07) is 25.0. The lowest BCUT2D eigenvalue weighted by molar-refractivity contribution is 0.242. The van der Waals surface area contributed by atoms with Gasteiger partial charge in [0.05, 0.1) is 17.8 Å². The van der Waals surface area contributed by atoms with E-state index in [9.17, 15) is 5.11 Å². The molecule has 5 rings (SSSR count). The Bertz CT molecular complexity index is 1270. The average Bonchev–Trinajstić information content (AvgIpc) is 3.45. The topological polar surface area (TPSA) is 62.5 Å². The van der Waals surface area contributed by atoms with Crippen molar-refractivity contribution in [1.82, 2.24) is 14.9 Å². The molecule has 6 nitrogen and oxygen atoms in total. The van der Waals surface area contributed by atoms with Crippen molar-refractivity contribution in [3.05, 3.63) is 103 Å². The molecule has 0 unspecified atom stereocenters. The number of thiocarbonyl (C=S) groups is 1. The van der Waals surface area contributed by atoms with Gasteiger partial charge in [-0.2, -0.15) is 0 Å². The number of hydrogen-bond donors (Lipinski definition) is 2. The van der Waals surface area contributed by atoms with Crippen LogP contribution in [0.3, 0.4) is 0 Å². The van der Waals surface area contributed by atoms with E-state index in [-0.39, 0.29) is 23.9 Å². The van der Waals surface area contributed by atoms with E-state index in [1.165, 1.54) is 0 Å². The van der Waals surface area contributed by atoms with Crippen LogP contribution >= 0.6 is 12.2 Å². The highest BCUT2D eigenvalue weighted by atomic mass is 32.1. The van der Waals surface area contributed by atoms with E-state index in [0.717, 1.165) is 28.5 Å². The summed E-state index contributed by atoms with van der Waals surface area (Å²) in [5, 5.41) is 13.9. The molecule has 34 heavy (non-hydrogen) atoms. The van der Waals surface area contributed by atoms with E-state index in [1.54, 1.807) is 18.3 Å². The third-order valence-corrected chi connectivity index (χ3v) is 6.11. The van der Waals surface area contributed by atoms with Gasteiger partial charge in [0, 0.05) is 29.5 Å². The number of nitrogens with one attached hydrogen (secondary N) is 1. The Balaban J connectivity index is 1.60. The molecule has 4 aromatic rings. The second-order valence-electron chi connectivity index (χ2n) is 8.48. The fourth-order valence-corrected chi connectivity index (χ4v) is 4.72. The molecule has 1 aliphatic heterocycles. The molecule has 0 radical (unpaired) electrons. The zero-order chi connectivity index (χ0) is 23.7. The number of ether oxygens (including phenoxy) is 1. The maximum absolute atomic E-state index is 9.77. The summed E-state index contributed by atoms with van der Waals surface area (Å²) in [5.41, 5.74) is 3.89. The van der Waals surface area contributed by atoms with Gasteiger partial charge in [-0.25, -0.2) is 0 Å². The Morgan fingerprint density at radius 1 is 0.941 bits per heavy atom. The van der Waals surface area contributed by atoms with Crippen molar-refractivity contribution in [3.63, 3.8) is 0 Å². The highest BCUT2D eigenvalue weighted by Gasteiger charge is 2.42. The average molecular weight is 471 g/mol. The predicted molar refractivity (Wildman–Crippen MR) is 138 cm³/mol. The van der Waals surface area contributed by atoms with Crippen LogP contribution in [0.2, 0.25) is 0 Å². The van der Waals surface area contributed by atoms with Gasteiger partial charge in [-0.05, 0) is 98.9 Å². The number of rotatable bonds is 6. The van der Waals surface area contributed by atoms with Gasteiger partial charge in [-0.15, -0.1) is 0 Å². The first-order valence-electron chi connectivity index (χ1n) is 11.3. The molecule has 2 N–H and O–H groups in total. The molecule has 1 aliphatic rings. The fraction of sp³-hybridized carbons (Fsp3) is 0.185. The molecule has 3 heterocycles. The lowest BCUT2D eigenvalue weighted by atomic mass is 10.0. The number of aromatic nitrogens is 2. The van der Waals surface area contributed by atoms with Crippen molar-refractivity contribution in [1.29, 1.82) is 0 Å². The van der Waals surface area contributed by atoms with Gasteiger partial charge in [0.15, 0.2) is 5.11 Å². The second kappa shape index (κ2) is 9.19. The van der Waals surface area contributed by atoms with Crippen molar-refractivity contribution in [2.45, 2.75) is 32.0 Å². The first kappa shape index (κ1) is 22.0. The van der Waals surface area contributed by atoms with Gasteiger partial charge in [0.1, 0.15) is 17.5 Å².